The van der Waals surface area contributed by atoms with Crippen LogP contribution in [0.5, 0.6) is 5.75 Å². The third-order valence-electron chi connectivity index (χ3n) is 6.30. The van der Waals surface area contributed by atoms with Gasteiger partial charge in [-0.25, -0.2) is 9.97 Å². The average Bonchev–Trinajstić information content (AvgIpc) is 3.17. The van der Waals surface area contributed by atoms with Gasteiger partial charge in [-0.2, -0.15) is 8.78 Å². The van der Waals surface area contributed by atoms with Gasteiger partial charge in [-0.05, 0) is 48.4 Å². The van der Waals surface area contributed by atoms with Crippen LogP contribution in [-0.4, -0.2) is 52.3 Å². The number of alkyl halides is 2. The molecular weight excluding hydrogens is 499 g/mol. The van der Waals surface area contributed by atoms with Gasteiger partial charge in [-0.1, -0.05) is 19.1 Å². The number of fused-ring (bicyclic) bond motifs is 5. The van der Waals surface area contributed by atoms with Gasteiger partial charge in [0.25, 0.3) is 5.91 Å². The maximum Gasteiger partial charge on any atom is 0.387 e. The lowest BCUT2D eigenvalue weighted by atomic mass is 10.1. The van der Waals surface area contributed by atoms with Gasteiger partial charge in [0.05, 0.1) is 22.6 Å². The molecule has 0 spiro atoms. The quantitative estimate of drug-likeness (QED) is 0.303. The minimum atomic E-state index is -3.06. The highest BCUT2D eigenvalue weighted by molar-refractivity contribution is 7.63. The third-order valence-corrected chi connectivity index (χ3v) is 7.07. The molecule has 1 aliphatic heterocycles. The van der Waals surface area contributed by atoms with E-state index < -0.39 is 13.9 Å². The molecule has 2 aromatic heterocycles. The summed E-state index contributed by atoms with van der Waals surface area (Å²) in [5.41, 5.74) is 3.41. The summed E-state index contributed by atoms with van der Waals surface area (Å²) in [6.07, 6.45) is 2.25. The Morgan fingerprint density at radius 3 is 2.54 bits per heavy atom. The molecule has 1 aliphatic rings. The molecule has 37 heavy (non-hydrogen) atoms. The number of ether oxygens (including phenoxy) is 1. The molecule has 192 valence electrons. The van der Waals surface area contributed by atoms with Crippen molar-refractivity contribution in [3.63, 3.8) is 0 Å². The van der Waals surface area contributed by atoms with Crippen LogP contribution in [0.2, 0.25) is 0 Å². The Hall–Kier alpha value is -3.78. The van der Waals surface area contributed by atoms with Crippen LogP contribution in [0.1, 0.15) is 35.6 Å². The second-order valence-corrected chi connectivity index (χ2v) is 12.2. The Labute approximate surface area is 212 Å². The van der Waals surface area contributed by atoms with Crippen LogP contribution < -0.4 is 9.82 Å². The van der Waals surface area contributed by atoms with Gasteiger partial charge in [-0.15, -0.1) is 0 Å². The molecule has 8 nitrogen and oxygen atoms in total. The zero-order valence-corrected chi connectivity index (χ0v) is 21.7. The number of anilines is 1. The van der Waals surface area contributed by atoms with E-state index in [2.05, 4.69) is 10.1 Å². The Bertz CT molecular complexity index is 1550. The summed E-state index contributed by atoms with van der Waals surface area (Å²) in [4.78, 5) is 24.2. The van der Waals surface area contributed by atoms with E-state index in [1.54, 1.807) is 48.2 Å². The van der Waals surface area contributed by atoms with E-state index in [4.69, 9.17) is 9.72 Å². The van der Waals surface area contributed by atoms with Crippen molar-refractivity contribution in [1.29, 1.82) is 0 Å². The van der Waals surface area contributed by atoms with Gasteiger partial charge in [0.15, 0.2) is 13.0 Å². The Morgan fingerprint density at radius 1 is 1.14 bits per heavy atom. The Balaban J connectivity index is 1.73. The first-order valence-electron chi connectivity index (χ1n) is 11.7. The summed E-state index contributed by atoms with van der Waals surface area (Å²) < 4.78 is 45.4. The van der Waals surface area contributed by atoms with Gasteiger partial charge >= 0.3 is 6.61 Å². The molecule has 0 fully saturated rings. The zero-order chi connectivity index (χ0) is 26.5. The zero-order valence-electron chi connectivity index (χ0n) is 20.8. The summed E-state index contributed by atoms with van der Waals surface area (Å²) in [7, 11) is -0.814. The Kier molecular flexibility index (Phi) is 6.23. The molecule has 0 saturated heterocycles. The number of rotatable bonds is 6. The van der Waals surface area contributed by atoms with Gasteiger partial charge < -0.3 is 19.3 Å². The summed E-state index contributed by atoms with van der Waals surface area (Å²) in [5.74, 6) is 0.672. The number of hydrogen-bond donors (Lipinski definition) is 1. The van der Waals surface area contributed by atoms with Crippen molar-refractivity contribution in [1.82, 2.24) is 19.4 Å². The number of carbonyl (C=O) groups excluding carboxylic acids is 1. The summed E-state index contributed by atoms with van der Waals surface area (Å²) >= 11 is 0. The number of nitrogens with one attached hydrogen (secondary N) is 1. The first kappa shape index (κ1) is 24.9. The van der Waals surface area contributed by atoms with Crippen LogP contribution in [0.25, 0.3) is 27.8 Å². The average molecular weight is 525 g/mol. The number of benzene rings is 2. The molecule has 1 unspecified atom stereocenters. The molecule has 0 radical (unpaired) electrons. The predicted molar refractivity (Wildman–Crippen MR) is 139 cm³/mol. The lowest BCUT2D eigenvalue weighted by molar-refractivity contribution is -0.0498. The normalized spacial score (nSPS) is 15.5. The maximum atomic E-state index is 13.4. The van der Waals surface area contributed by atoms with E-state index in [9.17, 15) is 18.1 Å². The molecule has 1 atom stereocenters. The predicted octanol–water partition coefficient (Wildman–Crippen LogP) is 6.18. The van der Waals surface area contributed by atoms with Crippen molar-refractivity contribution in [3.05, 3.63) is 66.1 Å². The number of carbonyl (C=O) groups is 1. The van der Waals surface area contributed by atoms with Crippen molar-refractivity contribution in [2.45, 2.75) is 26.0 Å². The van der Waals surface area contributed by atoms with Gasteiger partial charge in [0.1, 0.15) is 17.3 Å². The van der Waals surface area contributed by atoms with E-state index in [1.807, 2.05) is 31.2 Å². The van der Waals surface area contributed by atoms with E-state index >= 15 is 0 Å². The highest BCUT2D eigenvalue weighted by Gasteiger charge is 2.35. The van der Waals surface area contributed by atoms with Gasteiger partial charge in [0, 0.05) is 32.1 Å². The van der Waals surface area contributed by atoms with Crippen LogP contribution in [0.15, 0.2) is 54.7 Å². The van der Waals surface area contributed by atoms with Crippen LogP contribution in [0.3, 0.4) is 0 Å². The number of amides is 1. The molecule has 4 aromatic rings. The van der Waals surface area contributed by atoms with Crippen molar-refractivity contribution in [2.24, 2.45) is 0 Å². The highest BCUT2D eigenvalue weighted by atomic mass is 31.2. The Morgan fingerprint density at radius 2 is 1.89 bits per heavy atom. The molecular formula is C26H26F2N5O3P. The number of imidazole rings is 1. The minimum Gasteiger partial charge on any atom is -0.433 e. The maximum absolute atomic E-state index is 13.4. The van der Waals surface area contributed by atoms with E-state index in [-0.39, 0.29) is 28.9 Å². The molecule has 0 bridgehead atoms. The standard InChI is InChI=1S/C26H26F2N5O3P/c1-5-19-24-30-18-11-9-15(16-10-12-22(29-14-16)31-37(3,4)35)13-20(18)33(24)23-17(25(34)32(19)2)7-6-8-21(23)36-26(27)28/h6-14,19,26H,5H2,1-4H3,(H,29,31,35). The molecule has 2 aromatic carbocycles. The molecule has 0 saturated carbocycles. The highest BCUT2D eigenvalue weighted by Crippen LogP contribution is 2.41. The second-order valence-electron chi connectivity index (χ2n) is 9.27. The number of pyridine rings is 1. The number of para-hydroxylation sites is 1. The first-order valence-corrected chi connectivity index (χ1v) is 14.3. The summed E-state index contributed by atoms with van der Waals surface area (Å²) in [6.45, 7) is 2.13. The molecule has 11 heteroatoms. The lowest BCUT2D eigenvalue weighted by Gasteiger charge is -2.24. The van der Waals surface area contributed by atoms with Crippen molar-refractivity contribution >= 4 is 30.1 Å². The number of halogens is 2. The molecule has 3 heterocycles. The molecule has 1 amide bonds. The largest absolute Gasteiger partial charge is 0.433 e. The van der Waals surface area contributed by atoms with Crippen molar-refractivity contribution < 1.29 is 22.9 Å². The van der Waals surface area contributed by atoms with Crippen LogP contribution in [-0.2, 0) is 4.57 Å². The SMILES string of the molecule is CCC1c2nc3ccc(-c4ccc(NP(C)(C)=O)nc4)cc3n2-c2c(OC(F)F)cccc2C(=O)N1C. The molecule has 5 rings (SSSR count). The summed E-state index contributed by atoms with van der Waals surface area (Å²) in [5, 5.41) is 2.90. The minimum absolute atomic E-state index is 0.0994. The van der Waals surface area contributed by atoms with Gasteiger partial charge in [0.2, 0.25) is 0 Å². The first-order chi connectivity index (χ1) is 17.6. The van der Waals surface area contributed by atoms with Crippen molar-refractivity contribution in [3.8, 4) is 22.6 Å². The fraction of sp³-hybridized carbons (Fsp3) is 0.269. The van der Waals surface area contributed by atoms with Crippen molar-refractivity contribution in [2.75, 3.05) is 25.5 Å². The van der Waals surface area contributed by atoms with E-state index in [0.29, 0.717) is 29.1 Å². The lowest BCUT2D eigenvalue weighted by Crippen LogP contribution is -2.30. The fourth-order valence-electron chi connectivity index (χ4n) is 4.72. The number of hydrogen-bond acceptors (Lipinski definition) is 5. The smallest absolute Gasteiger partial charge is 0.387 e. The third kappa shape index (κ3) is 4.57. The van der Waals surface area contributed by atoms with Crippen LogP contribution >= 0.6 is 7.29 Å². The fourth-order valence-corrected chi connectivity index (χ4v) is 5.40. The topological polar surface area (TPSA) is 89.4 Å². The van der Waals surface area contributed by atoms with Gasteiger partial charge in [-0.3, -0.25) is 9.36 Å². The molecule has 1 N–H and O–H groups in total. The summed E-state index contributed by atoms with van der Waals surface area (Å²) in [6, 6.07) is 13.5. The van der Waals surface area contributed by atoms with Crippen LogP contribution in [0.4, 0.5) is 14.6 Å². The van der Waals surface area contributed by atoms with E-state index in [0.717, 1.165) is 11.1 Å². The number of aromatic nitrogens is 3. The second kappa shape index (κ2) is 9.27. The monoisotopic (exact) mass is 525 g/mol. The number of nitrogens with zero attached hydrogens (tertiary/aromatic N) is 4. The molecule has 0 aliphatic carbocycles. The van der Waals surface area contributed by atoms with Crippen LogP contribution in [0, 0.1) is 0 Å². The van der Waals surface area contributed by atoms with E-state index in [1.165, 1.54) is 12.1 Å².